The van der Waals surface area contributed by atoms with Gasteiger partial charge >= 0.3 is 0 Å². The number of thioether (sulfide) groups is 1. The van der Waals surface area contributed by atoms with E-state index in [2.05, 4.69) is 21.2 Å². The number of benzene rings is 1. The molecule has 2 aromatic heterocycles. The smallest absolute Gasteiger partial charge is 0.277 e. The number of thiazole rings is 1. The van der Waals surface area contributed by atoms with Crippen molar-refractivity contribution in [2.24, 2.45) is 0 Å². The van der Waals surface area contributed by atoms with E-state index >= 15 is 0 Å². The number of hydrogen-bond donors (Lipinski definition) is 0. The summed E-state index contributed by atoms with van der Waals surface area (Å²) in [6, 6.07) is 2.12. The first-order valence-corrected chi connectivity index (χ1v) is 10.1. The van der Waals surface area contributed by atoms with Crippen LogP contribution in [0.5, 0.6) is 0 Å². The van der Waals surface area contributed by atoms with Crippen molar-refractivity contribution in [2.45, 2.75) is 46.8 Å². The first kappa shape index (κ1) is 18.8. The highest BCUT2D eigenvalue weighted by Gasteiger charge is 2.19. The van der Waals surface area contributed by atoms with Crippen LogP contribution in [0.15, 0.2) is 15.7 Å². The van der Waals surface area contributed by atoms with Crippen molar-refractivity contribution in [2.75, 3.05) is 5.75 Å². The van der Waals surface area contributed by atoms with Crippen LogP contribution in [0.3, 0.4) is 0 Å². The molecule has 0 atom stereocenters. The molecule has 26 heavy (non-hydrogen) atoms. The van der Waals surface area contributed by atoms with Crippen LogP contribution in [0.4, 0.5) is 0 Å². The molecule has 0 fully saturated rings. The zero-order valence-corrected chi connectivity index (χ0v) is 17.4. The minimum atomic E-state index is 0.0846. The predicted molar refractivity (Wildman–Crippen MR) is 105 cm³/mol. The molecule has 1 aromatic carbocycles. The second-order valence-electron chi connectivity index (χ2n) is 6.37. The summed E-state index contributed by atoms with van der Waals surface area (Å²) in [6.07, 6.45) is 0. The number of aromatic nitrogens is 3. The van der Waals surface area contributed by atoms with Gasteiger partial charge in [0.2, 0.25) is 0 Å². The maximum absolute atomic E-state index is 12.8. The van der Waals surface area contributed by atoms with Gasteiger partial charge in [-0.05, 0) is 63.8 Å². The fourth-order valence-corrected chi connectivity index (χ4v) is 4.40. The molecule has 0 unspecified atom stereocenters. The number of hydrogen-bond acceptors (Lipinski definition) is 7. The molecule has 5 nitrogen and oxygen atoms in total. The van der Waals surface area contributed by atoms with Crippen molar-refractivity contribution in [3.05, 3.63) is 44.6 Å². The summed E-state index contributed by atoms with van der Waals surface area (Å²) in [5, 5.41) is 9.52. The number of carbonyl (C=O) groups is 1. The van der Waals surface area contributed by atoms with Crippen LogP contribution in [0.1, 0.15) is 43.3 Å². The number of ketones is 1. The fraction of sp³-hybridized carbons (Fsp3) is 0.368. The van der Waals surface area contributed by atoms with Gasteiger partial charge in [0.15, 0.2) is 5.78 Å². The van der Waals surface area contributed by atoms with Crippen molar-refractivity contribution in [1.29, 1.82) is 0 Å². The average Bonchev–Trinajstić information content (AvgIpc) is 3.17. The van der Waals surface area contributed by atoms with Gasteiger partial charge in [0, 0.05) is 5.56 Å². The molecular weight excluding hydrogens is 366 g/mol. The van der Waals surface area contributed by atoms with E-state index < -0.39 is 0 Å². The largest absolute Gasteiger partial charge is 0.410 e. The minimum absolute atomic E-state index is 0.0846. The first-order valence-electron chi connectivity index (χ1n) is 8.29. The maximum Gasteiger partial charge on any atom is 0.277 e. The Balaban J connectivity index is 1.76. The van der Waals surface area contributed by atoms with Crippen LogP contribution in [0.25, 0.3) is 10.8 Å². The molecular formula is C19H21N3O2S2. The van der Waals surface area contributed by atoms with Crippen LogP contribution in [0.2, 0.25) is 0 Å². The monoisotopic (exact) mass is 387 g/mol. The first-order chi connectivity index (χ1) is 12.3. The van der Waals surface area contributed by atoms with Crippen LogP contribution in [-0.2, 0) is 0 Å². The molecule has 0 amide bonds. The molecule has 0 spiro atoms. The fourth-order valence-electron chi connectivity index (χ4n) is 2.92. The number of nitrogens with zero attached hydrogens (tertiary/aromatic N) is 3. The number of rotatable bonds is 5. The Bertz CT molecular complexity index is 963. The standard InChI is InChI=1S/C19H21N3O2S2/c1-9-7-10(2)12(4)16(11(9)3)15(23)8-25-19-22-21-18(24-19)17-13(5)20-14(6)26-17/h7H,8H2,1-6H3. The van der Waals surface area contributed by atoms with Crippen molar-refractivity contribution >= 4 is 28.9 Å². The Hall–Kier alpha value is -1.99. The Labute approximate surface area is 161 Å². The lowest BCUT2D eigenvalue weighted by Gasteiger charge is -2.13. The average molecular weight is 388 g/mol. The van der Waals surface area contributed by atoms with Gasteiger partial charge in [0.25, 0.3) is 11.1 Å². The molecule has 2 heterocycles. The van der Waals surface area contributed by atoms with E-state index in [-0.39, 0.29) is 11.5 Å². The van der Waals surface area contributed by atoms with E-state index in [0.29, 0.717) is 11.1 Å². The second-order valence-corrected chi connectivity index (χ2v) is 8.50. The number of carbonyl (C=O) groups excluding carboxylic acids is 1. The molecule has 0 aliphatic carbocycles. The zero-order valence-electron chi connectivity index (χ0n) is 15.8. The van der Waals surface area contributed by atoms with Gasteiger partial charge in [0.1, 0.15) is 4.88 Å². The normalized spacial score (nSPS) is 11.2. The van der Waals surface area contributed by atoms with E-state index in [9.17, 15) is 4.79 Å². The van der Waals surface area contributed by atoms with Crippen LogP contribution in [0, 0.1) is 41.5 Å². The third-order valence-electron chi connectivity index (χ3n) is 4.48. The third-order valence-corrected chi connectivity index (χ3v) is 6.36. The van der Waals surface area contributed by atoms with Gasteiger partial charge in [-0.25, -0.2) is 4.98 Å². The summed E-state index contributed by atoms with van der Waals surface area (Å²) in [5.41, 5.74) is 6.05. The molecule has 0 aliphatic rings. The van der Waals surface area contributed by atoms with E-state index in [1.54, 1.807) is 0 Å². The zero-order chi connectivity index (χ0) is 19.0. The van der Waals surface area contributed by atoms with Crippen LogP contribution in [-0.4, -0.2) is 26.7 Å². The van der Waals surface area contributed by atoms with E-state index in [4.69, 9.17) is 4.42 Å². The predicted octanol–water partition coefficient (Wildman–Crippen LogP) is 5.02. The van der Waals surface area contributed by atoms with Gasteiger partial charge in [-0.2, -0.15) is 0 Å². The highest BCUT2D eigenvalue weighted by molar-refractivity contribution is 7.99. The van der Waals surface area contributed by atoms with Crippen molar-refractivity contribution < 1.29 is 9.21 Å². The summed E-state index contributed by atoms with van der Waals surface area (Å²) in [7, 11) is 0. The Morgan fingerprint density at radius 1 is 1.08 bits per heavy atom. The van der Waals surface area contributed by atoms with Crippen LogP contribution >= 0.6 is 23.1 Å². The molecule has 0 N–H and O–H groups in total. The SMILES string of the molecule is Cc1nc(C)c(-c2nnc(SCC(=O)c3c(C)c(C)cc(C)c3C)o2)s1. The molecule has 0 saturated heterocycles. The summed E-state index contributed by atoms with van der Waals surface area (Å²) in [6.45, 7) is 11.9. The summed E-state index contributed by atoms with van der Waals surface area (Å²) in [5.74, 6) is 0.815. The van der Waals surface area contributed by atoms with Gasteiger partial charge in [-0.3, -0.25) is 4.79 Å². The molecule has 3 aromatic rings. The third kappa shape index (κ3) is 3.59. The van der Waals surface area contributed by atoms with Gasteiger partial charge in [-0.1, -0.05) is 17.8 Å². The number of Topliss-reactive ketones (excluding diaryl/α,β-unsaturated/α-hetero) is 1. The topological polar surface area (TPSA) is 68.9 Å². The Morgan fingerprint density at radius 2 is 1.73 bits per heavy atom. The van der Waals surface area contributed by atoms with Gasteiger partial charge in [-0.15, -0.1) is 21.5 Å². The lowest BCUT2D eigenvalue weighted by molar-refractivity contribution is 0.102. The van der Waals surface area contributed by atoms with Crippen molar-refractivity contribution in [1.82, 2.24) is 15.2 Å². The lowest BCUT2D eigenvalue weighted by atomic mass is 9.92. The maximum atomic E-state index is 12.8. The molecule has 0 saturated carbocycles. The molecule has 136 valence electrons. The Morgan fingerprint density at radius 3 is 2.31 bits per heavy atom. The molecule has 0 bridgehead atoms. The Kier molecular flexibility index (Phi) is 5.29. The van der Waals surface area contributed by atoms with E-state index in [1.165, 1.54) is 23.1 Å². The summed E-state index contributed by atoms with van der Waals surface area (Å²) < 4.78 is 5.72. The van der Waals surface area contributed by atoms with Crippen LogP contribution < -0.4 is 0 Å². The summed E-state index contributed by atoms with van der Waals surface area (Å²) >= 11 is 2.80. The molecule has 0 aliphatic heterocycles. The van der Waals surface area contributed by atoms with E-state index in [1.807, 2.05) is 41.5 Å². The second kappa shape index (κ2) is 7.32. The molecule has 0 radical (unpaired) electrons. The highest BCUT2D eigenvalue weighted by Crippen LogP contribution is 2.31. The van der Waals surface area contributed by atoms with E-state index in [0.717, 1.165) is 43.4 Å². The highest BCUT2D eigenvalue weighted by atomic mass is 32.2. The molecule has 3 rings (SSSR count). The molecule has 7 heteroatoms. The van der Waals surface area contributed by atoms with Crippen molar-refractivity contribution in [3.63, 3.8) is 0 Å². The van der Waals surface area contributed by atoms with Gasteiger partial charge in [0.05, 0.1) is 16.5 Å². The van der Waals surface area contributed by atoms with Gasteiger partial charge < -0.3 is 4.42 Å². The summed E-state index contributed by atoms with van der Waals surface area (Å²) in [4.78, 5) is 18.0. The number of aryl methyl sites for hydroxylation is 4. The quantitative estimate of drug-likeness (QED) is 0.452. The minimum Gasteiger partial charge on any atom is -0.410 e. The lowest BCUT2D eigenvalue weighted by Crippen LogP contribution is -2.10. The van der Waals surface area contributed by atoms with Crippen molar-refractivity contribution in [3.8, 4) is 10.8 Å².